The van der Waals surface area contributed by atoms with Gasteiger partial charge in [0.2, 0.25) is 0 Å². The van der Waals surface area contributed by atoms with Crippen LogP contribution in [0.2, 0.25) is 0 Å². The average Bonchev–Trinajstić information content (AvgIpc) is 2.68. The van der Waals surface area contributed by atoms with Gasteiger partial charge in [-0.25, -0.2) is 0 Å². The van der Waals surface area contributed by atoms with Crippen molar-refractivity contribution in [1.82, 2.24) is 0 Å². The lowest BCUT2D eigenvalue weighted by Gasteiger charge is -2.07. The van der Waals surface area contributed by atoms with Crippen molar-refractivity contribution in [3.8, 4) is 5.75 Å². The van der Waals surface area contributed by atoms with Crippen molar-refractivity contribution in [2.24, 2.45) is 0 Å². The number of allylic oxidation sites excluding steroid dienone is 1. The van der Waals surface area contributed by atoms with Crippen molar-refractivity contribution in [2.45, 2.75) is 4.90 Å². The van der Waals surface area contributed by atoms with Crippen LogP contribution in [0.15, 0.2) is 94.3 Å². The quantitative estimate of drug-likeness (QED) is 0.302. The van der Waals surface area contributed by atoms with E-state index in [1.165, 1.54) is 18.2 Å². The second kappa shape index (κ2) is 8.33. The molecule has 0 N–H and O–H groups in total. The fourth-order valence-electron chi connectivity index (χ4n) is 2.28. The summed E-state index contributed by atoms with van der Waals surface area (Å²) in [6.07, 6.45) is 3.14. The van der Waals surface area contributed by atoms with Crippen LogP contribution in [0, 0.1) is 0 Å². The molecule has 0 unspecified atom stereocenters. The minimum absolute atomic E-state index is 0.0723. The molecule has 0 radical (unpaired) electrons. The molecule has 3 aromatic carbocycles. The Bertz CT molecular complexity index is 1060. The van der Waals surface area contributed by atoms with Crippen molar-refractivity contribution in [3.05, 3.63) is 101 Å². The standard InChI is InChI=1S/C21H15BrO4S/c22-18-9-13-20(14-10-18)27(24,25)26-19-11-6-16(7-12-19)8-15-21(23)17-4-2-1-3-5-17/h1-15H/b15-8-. The van der Waals surface area contributed by atoms with Gasteiger partial charge < -0.3 is 4.18 Å². The number of benzene rings is 3. The molecule has 0 bridgehead atoms. The number of carbonyl (C=O) groups is 1. The Kier molecular flexibility index (Phi) is 5.88. The van der Waals surface area contributed by atoms with E-state index in [-0.39, 0.29) is 16.4 Å². The molecule has 0 saturated carbocycles. The molecule has 136 valence electrons. The van der Waals surface area contributed by atoms with E-state index in [0.717, 1.165) is 10.0 Å². The molecule has 0 amide bonds. The Labute approximate surface area is 166 Å². The minimum Gasteiger partial charge on any atom is -0.379 e. The molecule has 0 aliphatic rings. The average molecular weight is 443 g/mol. The van der Waals surface area contributed by atoms with E-state index >= 15 is 0 Å². The second-order valence-electron chi connectivity index (χ2n) is 5.62. The highest BCUT2D eigenvalue weighted by molar-refractivity contribution is 9.10. The maximum atomic E-state index is 12.3. The van der Waals surface area contributed by atoms with Gasteiger partial charge in [0.15, 0.2) is 5.78 Å². The predicted octanol–water partition coefficient (Wildman–Crippen LogP) is 5.11. The molecule has 0 aliphatic heterocycles. The summed E-state index contributed by atoms with van der Waals surface area (Å²) in [6.45, 7) is 0. The van der Waals surface area contributed by atoms with Crippen LogP contribution in [-0.2, 0) is 10.1 Å². The van der Waals surface area contributed by atoms with Crippen molar-refractivity contribution in [3.63, 3.8) is 0 Å². The first-order valence-corrected chi connectivity index (χ1v) is 10.2. The SMILES string of the molecule is O=C(/C=C\c1ccc(OS(=O)(=O)c2ccc(Br)cc2)cc1)c1ccccc1. The lowest BCUT2D eigenvalue weighted by molar-refractivity contribution is 0.104. The first kappa shape index (κ1) is 19.1. The zero-order chi connectivity index (χ0) is 19.3. The Hall–Kier alpha value is -2.70. The van der Waals surface area contributed by atoms with E-state index in [1.54, 1.807) is 66.7 Å². The van der Waals surface area contributed by atoms with Crippen LogP contribution in [0.3, 0.4) is 0 Å². The summed E-state index contributed by atoms with van der Waals surface area (Å²) >= 11 is 3.26. The zero-order valence-corrected chi connectivity index (χ0v) is 16.5. The molecule has 27 heavy (non-hydrogen) atoms. The van der Waals surface area contributed by atoms with Gasteiger partial charge >= 0.3 is 10.1 Å². The lowest BCUT2D eigenvalue weighted by Crippen LogP contribution is -2.09. The smallest absolute Gasteiger partial charge is 0.339 e. The first-order valence-electron chi connectivity index (χ1n) is 8.02. The van der Waals surface area contributed by atoms with E-state index in [1.807, 2.05) is 6.07 Å². The highest BCUT2D eigenvalue weighted by Crippen LogP contribution is 2.21. The monoisotopic (exact) mass is 442 g/mol. The minimum atomic E-state index is -3.90. The molecule has 0 heterocycles. The van der Waals surface area contributed by atoms with Crippen molar-refractivity contribution >= 4 is 37.9 Å². The Morgan fingerprint density at radius 2 is 1.48 bits per heavy atom. The van der Waals surface area contributed by atoms with Gasteiger partial charge in [0.05, 0.1) is 0 Å². The number of hydrogen-bond acceptors (Lipinski definition) is 4. The van der Waals surface area contributed by atoms with Gasteiger partial charge in [0, 0.05) is 10.0 Å². The number of rotatable bonds is 6. The molecule has 3 rings (SSSR count). The summed E-state index contributed by atoms with van der Waals surface area (Å²) in [7, 11) is -3.90. The molecular formula is C21H15BrO4S. The number of carbonyl (C=O) groups excluding carboxylic acids is 1. The number of ketones is 1. The van der Waals surface area contributed by atoms with Gasteiger partial charge in [-0.1, -0.05) is 64.5 Å². The summed E-state index contributed by atoms with van der Waals surface area (Å²) in [5.41, 5.74) is 1.36. The topological polar surface area (TPSA) is 60.4 Å². The van der Waals surface area contributed by atoms with Crippen molar-refractivity contribution < 1.29 is 17.4 Å². The summed E-state index contributed by atoms with van der Waals surface area (Å²) in [5.74, 6) is 0.0956. The van der Waals surface area contributed by atoms with E-state index < -0.39 is 10.1 Å². The largest absolute Gasteiger partial charge is 0.379 e. The van der Waals surface area contributed by atoms with Gasteiger partial charge in [0.25, 0.3) is 0 Å². The van der Waals surface area contributed by atoms with Crippen LogP contribution in [0.1, 0.15) is 15.9 Å². The zero-order valence-electron chi connectivity index (χ0n) is 14.1. The normalized spacial score (nSPS) is 11.4. The van der Waals surface area contributed by atoms with Crippen LogP contribution in [0.4, 0.5) is 0 Å². The first-order chi connectivity index (χ1) is 12.9. The maximum Gasteiger partial charge on any atom is 0.339 e. The van der Waals surface area contributed by atoms with Gasteiger partial charge in [0.1, 0.15) is 10.6 Å². The van der Waals surface area contributed by atoms with E-state index in [2.05, 4.69) is 15.9 Å². The third-order valence-corrected chi connectivity index (χ3v) is 5.46. The maximum absolute atomic E-state index is 12.3. The molecule has 3 aromatic rings. The van der Waals surface area contributed by atoms with Crippen LogP contribution >= 0.6 is 15.9 Å². The van der Waals surface area contributed by atoms with Gasteiger partial charge in [-0.05, 0) is 48.0 Å². The summed E-state index contributed by atoms with van der Waals surface area (Å²) < 4.78 is 30.5. The molecule has 0 atom stereocenters. The summed E-state index contributed by atoms with van der Waals surface area (Å²) in [4.78, 5) is 12.1. The predicted molar refractivity (Wildman–Crippen MR) is 108 cm³/mol. The molecule has 0 spiro atoms. The fourth-order valence-corrected chi connectivity index (χ4v) is 3.48. The Morgan fingerprint density at radius 1 is 0.852 bits per heavy atom. The summed E-state index contributed by atoms with van der Waals surface area (Å²) in [6, 6.07) is 21.6. The molecule has 4 nitrogen and oxygen atoms in total. The van der Waals surface area contributed by atoms with E-state index in [0.29, 0.717) is 5.56 Å². The van der Waals surface area contributed by atoms with E-state index in [4.69, 9.17) is 4.18 Å². The van der Waals surface area contributed by atoms with E-state index in [9.17, 15) is 13.2 Å². The van der Waals surface area contributed by atoms with Crippen molar-refractivity contribution in [2.75, 3.05) is 0 Å². The molecular weight excluding hydrogens is 428 g/mol. The van der Waals surface area contributed by atoms with Crippen LogP contribution in [0.25, 0.3) is 6.08 Å². The summed E-state index contributed by atoms with van der Waals surface area (Å²) in [5, 5.41) is 0. The molecule has 0 aliphatic carbocycles. The number of halogens is 1. The second-order valence-corrected chi connectivity index (χ2v) is 8.09. The van der Waals surface area contributed by atoms with Gasteiger partial charge in [-0.2, -0.15) is 8.42 Å². The van der Waals surface area contributed by atoms with Crippen molar-refractivity contribution in [1.29, 1.82) is 0 Å². The van der Waals surface area contributed by atoms with Gasteiger partial charge in [-0.15, -0.1) is 0 Å². The Morgan fingerprint density at radius 3 is 2.11 bits per heavy atom. The fraction of sp³-hybridized carbons (Fsp3) is 0. The lowest BCUT2D eigenvalue weighted by atomic mass is 10.1. The highest BCUT2D eigenvalue weighted by Gasteiger charge is 2.16. The molecule has 0 fully saturated rings. The highest BCUT2D eigenvalue weighted by atomic mass is 79.9. The van der Waals surface area contributed by atoms with Crippen LogP contribution < -0.4 is 4.18 Å². The van der Waals surface area contributed by atoms with Crippen LogP contribution in [-0.4, -0.2) is 14.2 Å². The molecule has 6 heteroatoms. The Balaban J connectivity index is 1.69. The number of hydrogen-bond donors (Lipinski definition) is 0. The van der Waals surface area contributed by atoms with Gasteiger partial charge in [-0.3, -0.25) is 4.79 Å². The third-order valence-electron chi connectivity index (χ3n) is 3.67. The molecule has 0 saturated heterocycles. The van der Waals surface area contributed by atoms with Crippen LogP contribution in [0.5, 0.6) is 5.75 Å². The molecule has 0 aromatic heterocycles. The third kappa shape index (κ3) is 5.15.